The Morgan fingerprint density at radius 2 is 2.23 bits per heavy atom. The van der Waals surface area contributed by atoms with Gasteiger partial charge in [-0.25, -0.2) is 0 Å². The van der Waals surface area contributed by atoms with Crippen LogP contribution in [0.1, 0.15) is 39.5 Å². The standard InChI is InChI=1S/C10H19NOS/c1-10(2)6-4-3-5-8(10)11-9(12)7-13/h8,13H,3-7H2,1-2H3,(H,11,12). The summed E-state index contributed by atoms with van der Waals surface area (Å²) in [4.78, 5) is 11.2. The maximum absolute atomic E-state index is 11.2. The van der Waals surface area contributed by atoms with E-state index in [1.807, 2.05) is 0 Å². The van der Waals surface area contributed by atoms with E-state index < -0.39 is 0 Å². The molecule has 1 saturated carbocycles. The second-order valence-corrected chi connectivity index (χ2v) is 4.83. The van der Waals surface area contributed by atoms with Crippen LogP contribution in [0, 0.1) is 5.41 Å². The van der Waals surface area contributed by atoms with Gasteiger partial charge in [-0.1, -0.05) is 26.7 Å². The third-order valence-corrected chi connectivity index (χ3v) is 3.27. The molecule has 1 aliphatic carbocycles. The molecule has 2 nitrogen and oxygen atoms in total. The lowest BCUT2D eigenvalue weighted by molar-refractivity contribution is -0.120. The van der Waals surface area contributed by atoms with E-state index in [1.165, 1.54) is 19.3 Å². The molecular formula is C10H19NOS. The first-order valence-electron chi connectivity index (χ1n) is 4.96. The van der Waals surface area contributed by atoms with Crippen molar-refractivity contribution in [3.63, 3.8) is 0 Å². The van der Waals surface area contributed by atoms with Crippen molar-refractivity contribution in [1.29, 1.82) is 0 Å². The summed E-state index contributed by atoms with van der Waals surface area (Å²) in [7, 11) is 0. The Labute approximate surface area is 85.9 Å². The molecule has 0 aromatic carbocycles. The Morgan fingerprint density at radius 1 is 1.54 bits per heavy atom. The molecule has 13 heavy (non-hydrogen) atoms. The Kier molecular flexibility index (Phi) is 3.65. The molecule has 0 aromatic rings. The van der Waals surface area contributed by atoms with Gasteiger partial charge in [-0.15, -0.1) is 0 Å². The average molecular weight is 201 g/mol. The van der Waals surface area contributed by atoms with Gasteiger partial charge in [0, 0.05) is 6.04 Å². The molecule has 1 aliphatic rings. The summed E-state index contributed by atoms with van der Waals surface area (Å²) in [5.74, 6) is 0.357. The van der Waals surface area contributed by atoms with Crippen molar-refractivity contribution in [1.82, 2.24) is 5.32 Å². The van der Waals surface area contributed by atoms with Crippen molar-refractivity contribution in [2.75, 3.05) is 5.75 Å². The van der Waals surface area contributed by atoms with Crippen molar-refractivity contribution < 1.29 is 4.79 Å². The van der Waals surface area contributed by atoms with Gasteiger partial charge in [0.1, 0.15) is 0 Å². The highest BCUT2D eigenvalue weighted by molar-refractivity contribution is 7.81. The SMILES string of the molecule is CC1(C)CCCCC1NC(=O)CS. The highest BCUT2D eigenvalue weighted by Gasteiger charge is 2.32. The van der Waals surface area contributed by atoms with E-state index in [9.17, 15) is 4.79 Å². The van der Waals surface area contributed by atoms with E-state index >= 15 is 0 Å². The molecule has 76 valence electrons. The fourth-order valence-corrected chi connectivity index (χ4v) is 2.09. The molecule has 1 N–H and O–H groups in total. The summed E-state index contributed by atoms with van der Waals surface area (Å²) in [5, 5.41) is 3.04. The van der Waals surface area contributed by atoms with Crippen LogP contribution in [0.2, 0.25) is 0 Å². The maximum atomic E-state index is 11.2. The van der Waals surface area contributed by atoms with Crippen LogP contribution in [0.5, 0.6) is 0 Å². The summed E-state index contributed by atoms with van der Waals surface area (Å²) in [6.45, 7) is 4.46. The lowest BCUT2D eigenvalue weighted by Gasteiger charge is -2.38. The largest absolute Gasteiger partial charge is 0.352 e. The Hall–Kier alpha value is -0.180. The van der Waals surface area contributed by atoms with Crippen molar-refractivity contribution in [2.24, 2.45) is 5.41 Å². The second kappa shape index (κ2) is 4.36. The summed E-state index contributed by atoms with van der Waals surface area (Å²) >= 11 is 3.96. The third kappa shape index (κ3) is 2.90. The van der Waals surface area contributed by atoms with Crippen LogP contribution < -0.4 is 5.32 Å². The molecule has 1 unspecified atom stereocenters. The van der Waals surface area contributed by atoms with Crippen molar-refractivity contribution in [3.8, 4) is 0 Å². The number of amides is 1. The van der Waals surface area contributed by atoms with Gasteiger partial charge in [-0.05, 0) is 18.3 Å². The lowest BCUT2D eigenvalue weighted by Crippen LogP contribution is -2.47. The van der Waals surface area contributed by atoms with Crippen molar-refractivity contribution in [3.05, 3.63) is 0 Å². The molecule has 1 amide bonds. The van der Waals surface area contributed by atoms with Gasteiger partial charge >= 0.3 is 0 Å². The molecule has 0 radical (unpaired) electrons. The van der Waals surface area contributed by atoms with E-state index in [2.05, 4.69) is 31.8 Å². The number of nitrogens with one attached hydrogen (secondary N) is 1. The van der Waals surface area contributed by atoms with Crippen LogP contribution in [0.25, 0.3) is 0 Å². The van der Waals surface area contributed by atoms with Crippen LogP contribution in [-0.2, 0) is 4.79 Å². The highest BCUT2D eigenvalue weighted by Crippen LogP contribution is 2.35. The minimum absolute atomic E-state index is 0.0586. The fourth-order valence-electron chi connectivity index (χ4n) is 2.00. The molecule has 0 aliphatic heterocycles. The molecule has 0 spiro atoms. The van der Waals surface area contributed by atoms with Crippen molar-refractivity contribution >= 4 is 18.5 Å². The number of hydrogen-bond acceptors (Lipinski definition) is 2. The predicted molar refractivity (Wildman–Crippen MR) is 58.0 cm³/mol. The summed E-state index contributed by atoms with van der Waals surface area (Å²) < 4.78 is 0. The maximum Gasteiger partial charge on any atom is 0.229 e. The zero-order valence-electron chi connectivity index (χ0n) is 8.47. The predicted octanol–water partition coefficient (Wildman–Crippen LogP) is 2.00. The average Bonchev–Trinajstić information content (AvgIpc) is 2.08. The third-order valence-electron chi connectivity index (χ3n) is 2.99. The molecule has 0 aromatic heterocycles. The van der Waals surface area contributed by atoms with Gasteiger partial charge in [0.05, 0.1) is 5.75 Å². The lowest BCUT2D eigenvalue weighted by atomic mass is 9.73. The number of rotatable bonds is 2. The van der Waals surface area contributed by atoms with Crippen LogP contribution in [0.15, 0.2) is 0 Å². The molecule has 3 heteroatoms. The van der Waals surface area contributed by atoms with E-state index in [0.29, 0.717) is 11.8 Å². The quantitative estimate of drug-likeness (QED) is 0.657. The molecular weight excluding hydrogens is 182 g/mol. The Bertz CT molecular complexity index is 191. The number of thiol groups is 1. The van der Waals surface area contributed by atoms with Crippen LogP contribution in [-0.4, -0.2) is 17.7 Å². The fraction of sp³-hybridized carbons (Fsp3) is 0.900. The smallest absolute Gasteiger partial charge is 0.229 e. The molecule has 1 rings (SSSR count). The van der Waals surface area contributed by atoms with Crippen LogP contribution in [0.3, 0.4) is 0 Å². The van der Waals surface area contributed by atoms with Crippen LogP contribution in [0.4, 0.5) is 0 Å². The van der Waals surface area contributed by atoms with Crippen molar-refractivity contribution in [2.45, 2.75) is 45.6 Å². The molecule has 0 saturated heterocycles. The van der Waals surface area contributed by atoms with Gasteiger partial charge < -0.3 is 5.32 Å². The number of carbonyl (C=O) groups is 1. The van der Waals surface area contributed by atoms with Crippen LogP contribution >= 0.6 is 12.6 Å². The monoisotopic (exact) mass is 201 g/mol. The topological polar surface area (TPSA) is 29.1 Å². The normalized spacial score (nSPS) is 26.8. The number of hydrogen-bond donors (Lipinski definition) is 2. The molecule has 0 heterocycles. The minimum Gasteiger partial charge on any atom is -0.352 e. The zero-order valence-corrected chi connectivity index (χ0v) is 9.36. The first kappa shape index (κ1) is 10.9. The van der Waals surface area contributed by atoms with E-state index in [0.717, 1.165) is 6.42 Å². The van der Waals surface area contributed by atoms with E-state index in [4.69, 9.17) is 0 Å². The Balaban J connectivity index is 2.51. The van der Waals surface area contributed by atoms with E-state index in [1.54, 1.807) is 0 Å². The van der Waals surface area contributed by atoms with Gasteiger partial charge in [0.25, 0.3) is 0 Å². The first-order chi connectivity index (χ1) is 6.06. The summed E-state index contributed by atoms with van der Waals surface area (Å²) in [5.41, 5.74) is 0.261. The van der Waals surface area contributed by atoms with Gasteiger partial charge in [0.2, 0.25) is 5.91 Å². The second-order valence-electron chi connectivity index (χ2n) is 4.51. The van der Waals surface area contributed by atoms with Gasteiger partial charge in [-0.3, -0.25) is 4.79 Å². The summed E-state index contributed by atoms with van der Waals surface area (Å²) in [6.07, 6.45) is 4.86. The molecule has 1 atom stereocenters. The van der Waals surface area contributed by atoms with Gasteiger partial charge in [-0.2, -0.15) is 12.6 Å². The summed E-state index contributed by atoms with van der Waals surface area (Å²) in [6, 6.07) is 0.348. The first-order valence-corrected chi connectivity index (χ1v) is 5.60. The highest BCUT2D eigenvalue weighted by atomic mass is 32.1. The Morgan fingerprint density at radius 3 is 2.77 bits per heavy atom. The van der Waals surface area contributed by atoms with Gasteiger partial charge in [0.15, 0.2) is 0 Å². The molecule has 0 bridgehead atoms. The van der Waals surface area contributed by atoms with E-state index in [-0.39, 0.29) is 11.3 Å². The minimum atomic E-state index is 0.0586. The zero-order chi connectivity index (χ0) is 9.90. The molecule has 1 fully saturated rings. The number of carbonyl (C=O) groups excluding carboxylic acids is 1.